The second kappa shape index (κ2) is 31.8. The third-order valence-corrected chi connectivity index (χ3v) is 17.8. The fourth-order valence-electron chi connectivity index (χ4n) is 10.4. The van der Waals surface area contributed by atoms with Gasteiger partial charge in [-0.2, -0.15) is 0 Å². The van der Waals surface area contributed by atoms with E-state index in [1.807, 2.05) is 28.3 Å². The number of thioether (sulfide) groups is 2. The number of hydrogen-bond acceptors (Lipinski definition) is 8. The van der Waals surface area contributed by atoms with Gasteiger partial charge in [-0.1, -0.05) is 220 Å². The predicted octanol–water partition coefficient (Wildman–Crippen LogP) is 14.2. The zero-order chi connectivity index (χ0) is 54.7. The number of carbonyl (C=O) groups is 2. The minimum atomic E-state index is -0.710. The van der Waals surface area contributed by atoms with E-state index >= 15 is 0 Å². The smallest absolute Gasteiger partial charge is 0.376 e. The molecule has 0 heterocycles. The summed E-state index contributed by atoms with van der Waals surface area (Å²) < 4.78 is -0.664. The molecule has 9 nitrogen and oxygen atoms in total. The summed E-state index contributed by atoms with van der Waals surface area (Å²) in [6.07, 6.45) is 10.4. The Morgan fingerprint density at radius 3 is 1.22 bits per heavy atom. The molecule has 0 aliphatic rings. The van der Waals surface area contributed by atoms with Gasteiger partial charge in [-0.15, -0.1) is 23.5 Å². The van der Waals surface area contributed by atoms with Gasteiger partial charge in [0.05, 0.1) is 20.8 Å². The van der Waals surface area contributed by atoms with Crippen molar-refractivity contribution in [3.8, 4) is 0 Å². The highest BCUT2D eigenvalue weighted by atomic mass is 32.2. The SMILES string of the molecule is CB(O)N(CCCCC(=O)N(CCCCCCSC(c1ccccc1)(c1ccccc1)c1ccccc1)CCCCCCSC(c1ccccc1)(c1ccccc1)c1ccccc1)CCNC(=O)Cc1ccc([N+](=O)[O-])cc1. The molecule has 0 aromatic heterocycles. The van der Waals surface area contributed by atoms with E-state index in [1.54, 1.807) is 19.0 Å². The van der Waals surface area contributed by atoms with Crippen molar-refractivity contribution >= 4 is 48.1 Å². The van der Waals surface area contributed by atoms with Gasteiger partial charge in [-0.3, -0.25) is 19.7 Å². The standard InChI is InChI=1S/C66H77BN4O5S2/c1-67(74)70(51-47-68-63(72)54-55-43-45-62(46-44-55)71(75)76)50-27-24-42-64(73)69(48-25-2-4-28-52-77-65(56-30-12-6-13-31-56,57-32-14-7-15-33-57)58-34-16-8-17-35-58)49-26-3-5-29-53-78-66(59-36-18-9-19-37-59,60-38-20-10-21-39-60)61-40-22-11-23-41-61/h6-23,30-41,43-46,74H,2-5,24-29,42,47-54H2,1H3,(H,68,72). The van der Waals surface area contributed by atoms with Crippen LogP contribution in [0.4, 0.5) is 5.69 Å². The maximum atomic E-state index is 14.1. The Labute approximate surface area is 472 Å². The van der Waals surface area contributed by atoms with Crippen LogP contribution >= 0.6 is 23.5 Å². The summed E-state index contributed by atoms with van der Waals surface area (Å²) >= 11 is 4.03. The summed E-state index contributed by atoms with van der Waals surface area (Å²) in [5, 5.41) is 24.5. The van der Waals surface area contributed by atoms with Crippen molar-refractivity contribution in [1.82, 2.24) is 15.0 Å². The molecule has 12 heteroatoms. The van der Waals surface area contributed by atoms with Crippen LogP contribution in [-0.4, -0.2) is 82.8 Å². The Morgan fingerprint density at radius 1 is 0.500 bits per heavy atom. The third-order valence-electron chi connectivity index (χ3n) is 14.6. The maximum Gasteiger partial charge on any atom is 0.376 e. The lowest BCUT2D eigenvalue weighted by molar-refractivity contribution is -0.384. The van der Waals surface area contributed by atoms with E-state index in [2.05, 4.69) is 192 Å². The highest BCUT2D eigenvalue weighted by Gasteiger charge is 2.38. The van der Waals surface area contributed by atoms with Crippen molar-refractivity contribution in [3.63, 3.8) is 0 Å². The largest absolute Gasteiger partial charge is 0.437 e. The molecule has 0 saturated heterocycles. The monoisotopic (exact) mass is 1080 g/mol. The Bertz CT molecular complexity index is 2480. The molecule has 0 saturated carbocycles. The van der Waals surface area contributed by atoms with Crippen LogP contribution in [0, 0.1) is 10.1 Å². The number of nitro groups is 1. The van der Waals surface area contributed by atoms with E-state index in [1.165, 1.54) is 45.5 Å². The minimum absolute atomic E-state index is 0.0156. The number of non-ortho nitro benzene ring substituents is 1. The average molecular weight is 1080 g/mol. The fraction of sp³-hybridized carbons (Fsp3) is 0.333. The number of nitrogens with zero attached hydrogens (tertiary/aromatic N) is 3. The highest BCUT2D eigenvalue weighted by molar-refractivity contribution is 8.00. The third kappa shape index (κ3) is 17.0. The summed E-state index contributed by atoms with van der Waals surface area (Å²) in [5.41, 5.74) is 8.35. The second-order valence-corrected chi connectivity index (χ2v) is 22.7. The zero-order valence-electron chi connectivity index (χ0n) is 45.4. The fourth-order valence-corrected chi connectivity index (χ4v) is 13.5. The summed E-state index contributed by atoms with van der Waals surface area (Å²) in [7, 11) is -0.710. The second-order valence-electron chi connectivity index (χ2n) is 20.0. The van der Waals surface area contributed by atoms with Crippen LogP contribution in [0.2, 0.25) is 6.82 Å². The molecule has 78 heavy (non-hydrogen) atoms. The Balaban J connectivity index is 0.918. The normalized spacial score (nSPS) is 11.6. The van der Waals surface area contributed by atoms with E-state index in [0.29, 0.717) is 38.0 Å². The molecule has 2 amide bonds. The Morgan fingerprint density at radius 2 is 0.859 bits per heavy atom. The first kappa shape index (κ1) is 59.2. The van der Waals surface area contributed by atoms with E-state index in [0.717, 1.165) is 82.4 Å². The van der Waals surface area contributed by atoms with Crippen molar-refractivity contribution in [1.29, 1.82) is 0 Å². The van der Waals surface area contributed by atoms with Crippen molar-refractivity contribution in [2.24, 2.45) is 0 Å². The number of nitrogens with one attached hydrogen (secondary N) is 1. The number of amides is 2. The number of unbranched alkanes of at least 4 members (excludes halogenated alkanes) is 7. The molecule has 7 rings (SSSR count). The molecule has 0 unspecified atom stereocenters. The van der Waals surface area contributed by atoms with Crippen molar-refractivity contribution in [2.75, 3.05) is 44.2 Å². The predicted molar refractivity (Wildman–Crippen MR) is 326 cm³/mol. The van der Waals surface area contributed by atoms with Gasteiger partial charge in [0.25, 0.3) is 5.69 Å². The lowest BCUT2D eigenvalue weighted by atomic mass is 9.84. The highest BCUT2D eigenvalue weighted by Crippen LogP contribution is 2.50. The van der Waals surface area contributed by atoms with Crippen molar-refractivity contribution < 1.29 is 19.5 Å². The lowest BCUT2D eigenvalue weighted by Crippen LogP contribution is -2.43. The van der Waals surface area contributed by atoms with E-state index in [-0.39, 0.29) is 33.4 Å². The Kier molecular flexibility index (Phi) is 24.2. The molecule has 0 aliphatic heterocycles. The molecule has 0 atom stereocenters. The van der Waals surface area contributed by atoms with Gasteiger partial charge in [0.2, 0.25) is 11.8 Å². The van der Waals surface area contributed by atoms with E-state index < -0.39 is 12.0 Å². The van der Waals surface area contributed by atoms with Crippen LogP contribution in [-0.2, 0) is 25.5 Å². The number of rotatable bonds is 34. The van der Waals surface area contributed by atoms with Crippen LogP contribution in [0.25, 0.3) is 0 Å². The number of carbonyl (C=O) groups excluding carboxylic acids is 2. The van der Waals surface area contributed by atoms with E-state index in [4.69, 9.17) is 0 Å². The van der Waals surface area contributed by atoms with Crippen LogP contribution in [0.15, 0.2) is 206 Å². The van der Waals surface area contributed by atoms with Gasteiger partial charge in [0.15, 0.2) is 0 Å². The first-order valence-electron chi connectivity index (χ1n) is 28.0. The molecule has 7 aromatic carbocycles. The van der Waals surface area contributed by atoms with Gasteiger partial charge < -0.3 is 20.1 Å². The summed E-state index contributed by atoms with van der Waals surface area (Å²) in [5.74, 6) is 2.01. The lowest BCUT2D eigenvalue weighted by Gasteiger charge is -2.35. The number of benzene rings is 7. The molecule has 0 fully saturated rings. The number of nitro benzene ring substituents is 1. The first-order valence-corrected chi connectivity index (χ1v) is 30.0. The molecule has 0 bridgehead atoms. The average Bonchev–Trinajstić information content (AvgIpc) is 3.64. The van der Waals surface area contributed by atoms with Gasteiger partial charge in [-0.05, 0) is 102 Å². The molecule has 0 aliphatic carbocycles. The number of hydrogen-bond donors (Lipinski definition) is 2. The van der Waals surface area contributed by atoms with Gasteiger partial charge in [0.1, 0.15) is 0 Å². The summed E-state index contributed by atoms with van der Waals surface area (Å²) in [6, 6.07) is 71.3. The molecule has 0 spiro atoms. The van der Waals surface area contributed by atoms with E-state index in [9.17, 15) is 24.7 Å². The summed E-state index contributed by atoms with van der Waals surface area (Å²) in [6.45, 7) is 4.62. The van der Waals surface area contributed by atoms with Gasteiger partial charge >= 0.3 is 7.05 Å². The topological polar surface area (TPSA) is 116 Å². The molecule has 406 valence electrons. The molecule has 0 radical (unpaired) electrons. The van der Waals surface area contributed by atoms with Gasteiger partial charge in [0, 0.05) is 44.7 Å². The zero-order valence-corrected chi connectivity index (χ0v) is 47.0. The first-order chi connectivity index (χ1) is 38.2. The Hall–Kier alpha value is -6.44. The van der Waals surface area contributed by atoms with Crippen molar-refractivity contribution in [2.45, 2.75) is 93.4 Å². The van der Waals surface area contributed by atoms with Gasteiger partial charge in [-0.25, -0.2) is 0 Å². The molecule has 7 aromatic rings. The van der Waals surface area contributed by atoms with Crippen LogP contribution in [0.1, 0.15) is 110 Å². The van der Waals surface area contributed by atoms with Crippen molar-refractivity contribution in [3.05, 3.63) is 255 Å². The minimum Gasteiger partial charge on any atom is -0.437 e. The van der Waals surface area contributed by atoms with Crippen LogP contribution in [0.5, 0.6) is 0 Å². The maximum absolute atomic E-state index is 14.1. The molecule has 2 N–H and O–H groups in total. The van der Waals surface area contributed by atoms with Crippen LogP contribution in [0.3, 0.4) is 0 Å². The quantitative estimate of drug-likeness (QED) is 0.0135. The molecular formula is C66H77BN4O5S2. The van der Waals surface area contributed by atoms with Crippen LogP contribution < -0.4 is 5.32 Å². The molecular weight excluding hydrogens is 1000 g/mol. The summed E-state index contributed by atoms with van der Waals surface area (Å²) in [4.78, 5) is 41.3.